The summed E-state index contributed by atoms with van der Waals surface area (Å²) in [6.45, 7) is 9.48. The second-order valence-electron chi connectivity index (χ2n) is 8.27. The molecule has 27 heavy (non-hydrogen) atoms. The maximum atomic E-state index is 5.00. The van der Waals surface area contributed by atoms with Gasteiger partial charge in [0.2, 0.25) is 0 Å². The monoisotopic (exact) mass is 386 g/mol. The van der Waals surface area contributed by atoms with Gasteiger partial charge < -0.3 is 15.2 Å². The van der Waals surface area contributed by atoms with Crippen LogP contribution in [0, 0.1) is 5.41 Å². The minimum absolute atomic E-state index is 0.535. The number of hydrogen-bond donors (Lipinski definition) is 2. The molecular weight excluding hydrogens is 356 g/mol. The first kappa shape index (κ1) is 17.8. The molecular formula is C20H30N6S. The van der Waals surface area contributed by atoms with E-state index in [0.717, 1.165) is 39.1 Å². The fourth-order valence-corrected chi connectivity index (χ4v) is 6.07. The molecule has 1 saturated heterocycles. The summed E-state index contributed by atoms with van der Waals surface area (Å²) in [6.07, 6.45) is 9.09. The number of fused-ring (bicyclic) bond motifs is 1. The van der Waals surface area contributed by atoms with Crippen molar-refractivity contribution in [3.8, 4) is 0 Å². The van der Waals surface area contributed by atoms with E-state index in [9.17, 15) is 0 Å². The normalized spacial score (nSPS) is 23.7. The molecule has 0 amide bonds. The molecule has 3 aliphatic rings. The Kier molecular flexibility index (Phi) is 4.80. The number of piperidine rings is 1. The number of aryl methyl sites for hydroxylation is 1. The van der Waals surface area contributed by atoms with E-state index >= 15 is 0 Å². The smallest absolute Gasteiger partial charge is 0.122 e. The molecule has 2 aromatic rings. The highest BCUT2D eigenvalue weighted by molar-refractivity contribution is 7.11. The molecule has 6 nitrogen and oxygen atoms in total. The minimum Gasteiger partial charge on any atom is -0.334 e. The molecule has 0 radical (unpaired) electrons. The second-order valence-corrected chi connectivity index (χ2v) is 9.44. The van der Waals surface area contributed by atoms with E-state index in [1.165, 1.54) is 53.8 Å². The molecule has 2 aliphatic heterocycles. The fraction of sp³-hybridized carbons (Fsp3) is 0.700. The van der Waals surface area contributed by atoms with Crippen LogP contribution in [0.15, 0.2) is 12.4 Å². The van der Waals surface area contributed by atoms with Crippen LogP contribution >= 0.6 is 11.3 Å². The van der Waals surface area contributed by atoms with Crippen molar-refractivity contribution in [3.05, 3.63) is 33.8 Å². The third-order valence-corrected chi connectivity index (χ3v) is 7.74. The second kappa shape index (κ2) is 7.28. The third-order valence-electron chi connectivity index (χ3n) is 6.66. The molecule has 2 fully saturated rings. The summed E-state index contributed by atoms with van der Waals surface area (Å²) in [5.74, 6) is 1.19. The van der Waals surface area contributed by atoms with Crippen LogP contribution < -0.4 is 10.6 Å². The molecule has 1 aliphatic carbocycles. The Balaban J connectivity index is 1.37. The molecule has 5 rings (SSSR count). The summed E-state index contributed by atoms with van der Waals surface area (Å²) in [7, 11) is 0. The van der Waals surface area contributed by atoms with Gasteiger partial charge in [0.1, 0.15) is 10.8 Å². The van der Waals surface area contributed by atoms with Gasteiger partial charge in [-0.1, -0.05) is 0 Å². The summed E-state index contributed by atoms with van der Waals surface area (Å²) in [5.41, 5.74) is 1.86. The van der Waals surface area contributed by atoms with Crippen LogP contribution in [0.3, 0.4) is 0 Å². The standard InChI is InChI=1S/C20H30N6S/c1-2-25-10-9-23-18(25)13-26(17-11-20(17)4-7-21-8-5-20)14-19-24-15-3-6-22-12-16(15)27-19/h9-10,17,21-22H,2-8,11-14H2,1H3. The molecule has 1 unspecified atom stereocenters. The number of thiazole rings is 1. The Morgan fingerprint density at radius 1 is 1.26 bits per heavy atom. The molecule has 1 saturated carbocycles. The molecule has 2 N–H and O–H groups in total. The summed E-state index contributed by atoms with van der Waals surface area (Å²) in [5, 5.41) is 8.30. The summed E-state index contributed by atoms with van der Waals surface area (Å²) < 4.78 is 2.28. The van der Waals surface area contributed by atoms with Crippen LogP contribution in [-0.4, -0.2) is 45.1 Å². The molecule has 2 aromatic heterocycles. The molecule has 0 bridgehead atoms. The van der Waals surface area contributed by atoms with Gasteiger partial charge >= 0.3 is 0 Å². The lowest BCUT2D eigenvalue weighted by Crippen LogP contribution is -2.36. The predicted molar refractivity (Wildman–Crippen MR) is 108 cm³/mol. The Morgan fingerprint density at radius 2 is 2.15 bits per heavy atom. The van der Waals surface area contributed by atoms with Gasteiger partial charge in [-0.05, 0) is 44.7 Å². The summed E-state index contributed by atoms with van der Waals surface area (Å²) in [4.78, 5) is 13.8. The molecule has 146 valence electrons. The molecule has 0 aromatic carbocycles. The van der Waals surface area contributed by atoms with Gasteiger partial charge in [-0.25, -0.2) is 9.97 Å². The van der Waals surface area contributed by atoms with Crippen molar-refractivity contribution in [1.29, 1.82) is 0 Å². The van der Waals surface area contributed by atoms with Crippen LogP contribution in [0.25, 0.3) is 0 Å². The highest BCUT2D eigenvalue weighted by Gasteiger charge is 2.56. The van der Waals surface area contributed by atoms with Gasteiger partial charge in [-0.2, -0.15) is 0 Å². The van der Waals surface area contributed by atoms with E-state index < -0.39 is 0 Å². The van der Waals surface area contributed by atoms with Crippen molar-refractivity contribution in [2.24, 2.45) is 5.41 Å². The van der Waals surface area contributed by atoms with Crippen LogP contribution in [0.1, 0.15) is 47.6 Å². The number of aromatic nitrogens is 3. The van der Waals surface area contributed by atoms with Gasteiger partial charge in [0.25, 0.3) is 0 Å². The van der Waals surface area contributed by atoms with Crippen LogP contribution in [-0.2, 0) is 32.6 Å². The largest absolute Gasteiger partial charge is 0.334 e. The average molecular weight is 387 g/mol. The van der Waals surface area contributed by atoms with E-state index in [4.69, 9.17) is 4.98 Å². The Labute approximate surface area is 165 Å². The van der Waals surface area contributed by atoms with Gasteiger partial charge in [0, 0.05) is 49.4 Å². The highest BCUT2D eigenvalue weighted by atomic mass is 32.1. The van der Waals surface area contributed by atoms with Gasteiger partial charge in [-0.3, -0.25) is 4.90 Å². The minimum atomic E-state index is 0.535. The van der Waals surface area contributed by atoms with Gasteiger partial charge in [0.15, 0.2) is 0 Å². The number of rotatable bonds is 6. The number of imidazole rings is 1. The lowest BCUT2D eigenvalue weighted by Gasteiger charge is -2.29. The zero-order valence-corrected chi connectivity index (χ0v) is 17.0. The Hall–Kier alpha value is -1.28. The lowest BCUT2D eigenvalue weighted by molar-refractivity contribution is 0.182. The quantitative estimate of drug-likeness (QED) is 0.797. The van der Waals surface area contributed by atoms with Crippen molar-refractivity contribution < 1.29 is 0 Å². The SMILES string of the molecule is CCn1ccnc1CN(Cc1nc2c(s1)CNCC2)C1CC12CCNCC2. The first-order valence-corrected chi connectivity index (χ1v) is 11.2. The number of nitrogens with one attached hydrogen (secondary N) is 2. The van der Waals surface area contributed by atoms with Crippen LogP contribution in [0.5, 0.6) is 0 Å². The lowest BCUT2D eigenvalue weighted by atomic mass is 9.93. The topological polar surface area (TPSA) is 58.0 Å². The van der Waals surface area contributed by atoms with Crippen LogP contribution in [0.2, 0.25) is 0 Å². The maximum Gasteiger partial charge on any atom is 0.122 e. The fourth-order valence-electron chi connectivity index (χ4n) is 4.96. The summed E-state index contributed by atoms with van der Waals surface area (Å²) >= 11 is 1.91. The van der Waals surface area contributed by atoms with Crippen molar-refractivity contribution >= 4 is 11.3 Å². The Morgan fingerprint density at radius 3 is 2.96 bits per heavy atom. The van der Waals surface area contributed by atoms with Gasteiger partial charge in [-0.15, -0.1) is 11.3 Å². The van der Waals surface area contributed by atoms with Crippen molar-refractivity contribution in [1.82, 2.24) is 30.1 Å². The third kappa shape index (κ3) is 3.46. The average Bonchev–Trinajstić information content (AvgIpc) is 3.05. The van der Waals surface area contributed by atoms with E-state index in [2.05, 4.69) is 38.2 Å². The Bertz CT molecular complexity index is 767. The van der Waals surface area contributed by atoms with Crippen molar-refractivity contribution in [2.45, 2.75) is 64.8 Å². The first-order valence-electron chi connectivity index (χ1n) is 10.4. The van der Waals surface area contributed by atoms with Crippen LogP contribution in [0.4, 0.5) is 0 Å². The highest BCUT2D eigenvalue weighted by Crippen LogP contribution is 2.56. The van der Waals surface area contributed by atoms with Crippen molar-refractivity contribution in [3.63, 3.8) is 0 Å². The van der Waals surface area contributed by atoms with E-state index in [1.807, 2.05) is 17.5 Å². The molecule has 7 heteroatoms. The van der Waals surface area contributed by atoms with Crippen molar-refractivity contribution in [2.75, 3.05) is 19.6 Å². The zero-order chi connectivity index (χ0) is 18.3. The first-order chi connectivity index (χ1) is 13.3. The number of hydrogen-bond acceptors (Lipinski definition) is 6. The van der Waals surface area contributed by atoms with Gasteiger partial charge in [0.05, 0.1) is 18.8 Å². The number of nitrogens with zero attached hydrogens (tertiary/aromatic N) is 4. The van der Waals surface area contributed by atoms with E-state index in [0.29, 0.717) is 11.5 Å². The summed E-state index contributed by atoms with van der Waals surface area (Å²) in [6, 6.07) is 0.681. The molecule has 1 spiro atoms. The zero-order valence-electron chi connectivity index (χ0n) is 16.2. The molecule has 1 atom stereocenters. The molecule has 4 heterocycles. The maximum absolute atomic E-state index is 5.00. The predicted octanol–water partition coefficient (Wildman–Crippen LogP) is 2.15. The van der Waals surface area contributed by atoms with E-state index in [-0.39, 0.29) is 0 Å². The van der Waals surface area contributed by atoms with E-state index in [1.54, 1.807) is 0 Å².